The minimum atomic E-state index is -0.533. The first kappa shape index (κ1) is 19.2. The average molecular weight is 389 g/mol. The van der Waals surface area contributed by atoms with Gasteiger partial charge in [-0.05, 0) is 43.7 Å². The van der Waals surface area contributed by atoms with Crippen molar-refractivity contribution in [2.24, 2.45) is 10.5 Å². The molecule has 1 atom stereocenters. The number of urea groups is 1. The van der Waals surface area contributed by atoms with Crippen molar-refractivity contribution >= 4 is 34.7 Å². The van der Waals surface area contributed by atoms with Crippen LogP contribution >= 0.6 is 11.6 Å². The number of carbonyl (C=O) groups excluding carboxylic acids is 1. The lowest BCUT2D eigenvalue weighted by atomic mass is 9.77. The molecule has 2 amide bonds. The van der Waals surface area contributed by atoms with Gasteiger partial charge in [0.2, 0.25) is 0 Å². The number of hydrogen-bond donors (Lipinski definition) is 3. The van der Waals surface area contributed by atoms with Crippen LogP contribution in [-0.4, -0.2) is 17.8 Å². The molecule has 0 aliphatic carbocycles. The molecule has 0 radical (unpaired) electrons. The molecular weight excluding hydrogens is 367 g/mol. The van der Waals surface area contributed by atoms with Crippen LogP contribution in [-0.2, 0) is 0 Å². The smallest absolute Gasteiger partial charge is 0.308 e. The van der Waals surface area contributed by atoms with Crippen LogP contribution in [0.2, 0.25) is 5.02 Å². The Labute approximate surface area is 163 Å². The van der Waals surface area contributed by atoms with Crippen LogP contribution in [0.5, 0.6) is 0 Å². The molecular formula is C20H22ClFN4O. The van der Waals surface area contributed by atoms with Gasteiger partial charge in [-0.3, -0.25) is 0 Å². The van der Waals surface area contributed by atoms with E-state index in [0.717, 1.165) is 17.7 Å². The number of hydrazone groups is 1. The van der Waals surface area contributed by atoms with Gasteiger partial charge in [0, 0.05) is 28.4 Å². The fourth-order valence-electron chi connectivity index (χ4n) is 3.30. The second-order valence-corrected chi connectivity index (χ2v) is 7.77. The van der Waals surface area contributed by atoms with Crippen LogP contribution in [0.3, 0.4) is 0 Å². The van der Waals surface area contributed by atoms with Crippen molar-refractivity contribution in [2.75, 3.05) is 10.6 Å². The molecule has 3 N–H and O–H groups in total. The van der Waals surface area contributed by atoms with Gasteiger partial charge in [0.15, 0.2) is 0 Å². The minimum absolute atomic E-state index is 0.0472. The first-order valence-corrected chi connectivity index (χ1v) is 9.09. The Bertz CT molecular complexity index is 897. The summed E-state index contributed by atoms with van der Waals surface area (Å²) in [6.07, 6.45) is 0.968. The number of nitrogens with one attached hydrogen (secondary N) is 3. The van der Waals surface area contributed by atoms with Gasteiger partial charge in [-0.2, -0.15) is 5.10 Å². The van der Waals surface area contributed by atoms with Gasteiger partial charge in [-0.15, -0.1) is 0 Å². The lowest BCUT2D eigenvalue weighted by Gasteiger charge is -2.34. The monoisotopic (exact) mass is 388 g/mol. The van der Waals surface area contributed by atoms with Crippen molar-refractivity contribution in [3.63, 3.8) is 0 Å². The molecule has 1 heterocycles. The molecule has 5 nitrogen and oxygen atoms in total. The highest BCUT2D eigenvalue weighted by molar-refractivity contribution is 6.31. The van der Waals surface area contributed by atoms with Crippen LogP contribution in [0.25, 0.3) is 0 Å². The molecule has 0 spiro atoms. The topological polar surface area (TPSA) is 65.5 Å². The summed E-state index contributed by atoms with van der Waals surface area (Å²) in [4.78, 5) is 12.2. The molecule has 0 bridgehead atoms. The third kappa shape index (κ3) is 4.57. The summed E-state index contributed by atoms with van der Waals surface area (Å²) in [6.45, 7) is 6.43. The van der Waals surface area contributed by atoms with E-state index in [9.17, 15) is 9.18 Å². The number of nitrogens with zero attached hydrogens (tertiary/aromatic N) is 1. The second-order valence-electron chi connectivity index (χ2n) is 7.37. The summed E-state index contributed by atoms with van der Waals surface area (Å²) in [7, 11) is 0. The van der Waals surface area contributed by atoms with E-state index in [4.69, 9.17) is 11.6 Å². The molecule has 7 heteroatoms. The Morgan fingerprint density at radius 2 is 1.93 bits per heavy atom. The van der Waals surface area contributed by atoms with Gasteiger partial charge in [-0.25, -0.2) is 9.18 Å². The molecule has 2 aromatic rings. The molecule has 27 heavy (non-hydrogen) atoms. The van der Waals surface area contributed by atoms with Crippen molar-refractivity contribution in [1.29, 1.82) is 0 Å². The van der Waals surface area contributed by atoms with E-state index in [0.29, 0.717) is 17.4 Å². The molecule has 142 valence electrons. The molecule has 3 rings (SSSR count). The second kappa shape index (κ2) is 7.56. The van der Waals surface area contributed by atoms with Crippen molar-refractivity contribution in [2.45, 2.75) is 33.2 Å². The Hall–Kier alpha value is -2.60. The molecule has 1 aliphatic heterocycles. The number of carbonyl (C=O) groups is 1. The van der Waals surface area contributed by atoms with Crippen molar-refractivity contribution < 1.29 is 9.18 Å². The van der Waals surface area contributed by atoms with Crippen LogP contribution < -0.4 is 16.1 Å². The maximum atomic E-state index is 13.2. The third-order valence-electron chi connectivity index (χ3n) is 4.43. The SMILES string of the molecule is CC1CC(C)(C)C(c2cccc(NC(=O)Nc3ccc(F)c(Cl)c3)c2)=NN1. The molecule has 2 aromatic carbocycles. The van der Waals surface area contributed by atoms with Crippen molar-refractivity contribution in [3.8, 4) is 0 Å². The predicted octanol–water partition coefficient (Wildman–Crippen LogP) is 5.24. The molecule has 1 unspecified atom stereocenters. The van der Waals surface area contributed by atoms with Crippen LogP contribution in [0, 0.1) is 11.2 Å². The zero-order chi connectivity index (χ0) is 19.6. The van der Waals surface area contributed by atoms with E-state index in [1.54, 1.807) is 6.07 Å². The highest BCUT2D eigenvalue weighted by Crippen LogP contribution is 2.31. The number of anilines is 2. The summed E-state index contributed by atoms with van der Waals surface area (Å²) < 4.78 is 13.2. The number of amides is 2. The summed E-state index contributed by atoms with van der Waals surface area (Å²) in [5.74, 6) is -0.533. The summed E-state index contributed by atoms with van der Waals surface area (Å²) in [5.41, 5.74) is 6.00. The van der Waals surface area contributed by atoms with Crippen molar-refractivity contribution in [3.05, 3.63) is 58.9 Å². The average Bonchev–Trinajstić information content (AvgIpc) is 2.57. The fraction of sp³-hybridized carbons (Fsp3) is 0.300. The summed E-state index contributed by atoms with van der Waals surface area (Å²) in [5, 5.41) is 9.89. The summed E-state index contributed by atoms with van der Waals surface area (Å²) >= 11 is 5.74. The third-order valence-corrected chi connectivity index (χ3v) is 4.72. The zero-order valence-corrected chi connectivity index (χ0v) is 16.2. The molecule has 0 fully saturated rings. The standard InChI is InChI=1S/C20H22ClFN4O/c1-12-11-20(2,3)18(26-25-12)13-5-4-6-14(9-13)23-19(27)24-15-7-8-17(22)16(21)10-15/h4-10,12,25H,11H2,1-3H3,(H2,23,24,27). The van der Waals surface area contributed by atoms with Gasteiger partial charge in [0.05, 0.1) is 10.7 Å². The van der Waals surface area contributed by atoms with Gasteiger partial charge in [0.25, 0.3) is 0 Å². The molecule has 1 aliphatic rings. The highest BCUT2D eigenvalue weighted by Gasteiger charge is 2.32. The Balaban J connectivity index is 1.74. The number of rotatable bonds is 3. The maximum absolute atomic E-state index is 13.2. The number of benzene rings is 2. The number of halogens is 2. The number of hydrogen-bond acceptors (Lipinski definition) is 3. The maximum Gasteiger partial charge on any atom is 0.323 e. The summed E-state index contributed by atoms with van der Waals surface area (Å²) in [6, 6.07) is 11.4. The Kier molecular flexibility index (Phi) is 5.37. The van der Waals surface area contributed by atoms with Gasteiger partial charge in [0.1, 0.15) is 5.82 Å². The molecule has 0 saturated heterocycles. The van der Waals surface area contributed by atoms with E-state index in [1.165, 1.54) is 18.2 Å². The van der Waals surface area contributed by atoms with E-state index >= 15 is 0 Å². The first-order chi connectivity index (χ1) is 12.7. The van der Waals surface area contributed by atoms with E-state index < -0.39 is 11.8 Å². The fourth-order valence-corrected chi connectivity index (χ4v) is 3.48. The highest BCUT2D eigenvalue weighted by atomic mass is 35.5. The van der Waals surface area contributed by atoms with Gasteiger partial charge >= 0.3 is 6.03 Å². The zero-order valence-electron chi connectivity index (χ0n) is 15.4. The largest absolute Gasteiger partial charge is 0.323 e. The minimum Gasteiger partial charge on any atom is -0.308 e. The van der Waals surface area contributed by atoms with E-state index in [2.05, 4.69) is 41.9 Å². The first-order valence-electron chi connectivity index (χ1n) is 8.72. The van der Waals surface area contributed by atoms with Gasteiger partial charge < -0.3 is 16.1 Å². The van der Waals surface area contributed by atoms with Crippen LogP contribution in [0.4, 0.5) is 20.6 Å². The quantitative estimate of drug-likeness (QED) is 0.673. The Morgan fingerprint density at radius 1 is 1.22 bits per heavy atom. The van der Waals surface area contributed by atoms with E-state index in [1.807, 2.05) is 18.2 Å². The molecule has 0 aromatic heterocycles. The predicted molar refractivity (Wildman–Crippen MR) is 108 cm³/mol. The molecule has 0 saturated carbocycles. The lowest BCUT2D eigenvalue weighted by Crippen LogP contribution is -2.40. The van der Waals surface area contributed by atoms with Crippen LogP contribution in [0.15, 0.2) is 47.6 Å². The van der Waals surface area contributed by atoms with Crippen LogP contribution in [0.1, 0.15) is 32.8 Å². The Morgan fingerprint density at radius 3 is 2.59 bits per heavy atom. The lowest BCUT2D eigenvalue weighted by molar-refractivity contribution is 0.262. The van der Waals surface area contributed by atoms with Crippen molar-refractivity contribution in [1.82, 2.24) is 5.43 Å². The normalized spacial score (nSPS) is 18.3. The van der Waals surface area contributed by atoms with E-state index in [-0.39, 0.29) is 10.4 Å². The van der Waals surface area contributed by atoms with Gasteiger partial charge in [-0.1, -0.05) is 37.6 Å².